The number of unbranched alkanes of at least 4 members (excludes halogenated alkanes) is 2. The van der Waals surface area contributed by atoms with E-state index in [4.69, 9.17) is 11.6 Å². The lowest BCUT2D eigenvalue weighted by Crippen LogP contribution is -2.34. The minimum Gasteiger partial charge on any atom is -0.507 e. The Bertz CT molecular complexity index is 1070. The summed E-state index contributed by atoms with van der Waals surface area (Å²) in [4.78, 5) is 30.7. The zero-order chi connectivity index (χ0) is 26.9. The molecular weight excluding hydrogens is 484 g/mol. The second-order valence-electron chi connectivity index (χ2n) is 10.2. The summed E-state index contributed by atoms with van der Waals surface area (Å²) in [5.74, 6) is -0.990. The molecule has 3 rings (SSSR count). The SMILES string of the molecule is CCCCN(CCCC)CCCN1C(=O)C(=O)C(=C(O)c2ccc(Cl)cc2)[C@H]1c1ccc(C(C)C)cc1. The zero-order valence-corrected chi connectivity index (χ0v) is 23.4. The third-order valence-electron chi connectivity index (χ3n) is 7.11. The Balaban J connectivity index is 1.93. The molecule has 2 aromatic carbocycles. The number of aliphatic hydroxyl groups is 1. The van der Waals surface area contributed by atoms with Crippen molar-refractivity contribution in [3.05, 3.63) is 75.8 Å². The van der Waals surface area contributed by atoms with E-state index in [2.05, 4.69) is 32.6 Å². The minimum atomic E-state index is -0.640. The molecule has 6 heteroatoms. The highest BCUT2D eigenvalue weighted by atomic mass is 35.5. The van der Waals surface area contributed by atoms with Crippen LogP contribution in [0.15, 0.2) is 54.1 Å². The van der Waals surface area contributed by atoms with Gasteiger partial charge in [0.2, 0.25) is 0 Å². The van der Waals surface area contributed by atoms with Crippen molar-refractivity contribution in [1.29, 1.82) is 0 Å². The van der Waals surface area contributed by atoms with Gasteiger partial charge in [0.05, 0.1) is 11.6 Å². The first-order chi connectivity index (χ1) is 17.8. The number of carbonyl (C=O) groups excluding carboxylic acids is 2. The van der Waals surface area contributed by atoms with E-state index in [1.54, 1.807) is 29.2 Å². The molecule has 0 saturated carbocycles. The van der Waals surface area contributed by atoms with Gasteiger partial charge in [-0.25, -0.2) is 0 Å². The number of carbonyl (C=O) groups is 2. The summed E-state index contributed by atoms with van der Waals surface area (Å²) in [7, 11) is 0. The monoisotopic (exact) mass is 524 g/mol. The highest BCUT2D eigenvalue weighted by Gasteiger charge is 2.45. The Kier molecular flexibility index (Phi) is 10.8. The Morgan fingerprint density at radius 2 is 1.49 bits per heavy atom. The van der Waals surface area contributed by atoms with Gasteiger partial charge < -0.3 is 14.9 Å². The van der Waals surface area contributed by atoms with Crippen molar-refractivity contribution in [2.75, 3.05) is 26.2 Å². The third-order valence-corrected chi connectivity index (χ3v) is 7.36. The van der Waals surface area contributed by atoms with E-state index in [1.807, 2.05) is 24.3 Å². The van der Waals surface area contributed by atoms with Crippen molar-refractivity contribution in [2.45, 2.75) is 71.8 Å². The quantitative estimate of drug-likeness (QED) is 0.171. The van der Waals surface area contributed by atoms with E-state index >= 15 is 0 Å². The molecule has 1 aliphatic rings. The highest BCUT2D eigenvalue weighted by molar-refractivity contribution is 6.46. The van der Waals surface area contributed by atoms with Crippen LogP contribution in [0.1, 0.15) is 88.4 Å². The number of benzene rings is 2. The molecule has 2 aromatic rings. The number of ketones is 1. The van der Waals surface area contributed by atoms with Crippen LogP contribution in [0.25, 0.3) is 5.76 Å². The Hall–Kier alpha value is -2.63. The van der Waals surface area contributed by atoms with Crippen molar-refractivity contribution in [1.82, 2.24) is 9.80 Å². The lowest BCUT2D eigenvalue weighted by atomic mass is 9.93. The van der Waals surface area contributed by atoms with E-state index in [1.165, 1.54) is 5.56 Å². The molecule has 0 bridgehead atoms. The summed E-state index contributed by atoms with van der Waals surface area (Å²) in [6.45, 7) is 12.1. The normalized spacial score (nSPS) is 17.4. The number of likely N-dealkylation sites (tertiary alicyclic amines) is 1. The second-order valence-corrected chi connectivity index (χ2v) is 10.7. The fraction of sp³-hybridized carbons (Fsp3) is 0.484. The molecule has 5 nitrogen and oxygen atoms in total. The number of nitrogens with zero attached hydrogens (tertiary/aromatic N) is 2. The average Bonchev–Trinajstić information content (AvgIpc) is 3.15. The maximum atomic E-state index is 13.3. The van der Waals surface area contributed by atoms with Crippen molar-refractivity contribution >= 4 is 29.1 Å². The number of hydrogen-bond acceptors (Lipinski definition) is 4. The summed E-state index contributed by atoms with van der Waals surface area (Å²) >= 11 is 6.03. The summed E-state index contributed by atoms with van der Waals surface area (Å²) in [5, 5.41) is 11.8. The summed E-state index contributed by atoms with van der Waals surface area (Å²) < 4.78 is 0. The Morgan fingerprint density at radius 1 is 0.919 bits per heavy atom. The van der Waals surface area contributed by atoms with Crippen LogP contribution in [-0.2, 0) is 9.59 Å². The van der Waals surface area contributed by atoms with Gasteiger partial charge in [-0.05, 0) is 80.2 Å². The van der Waals surface area contributed by atoms with Gasteiger partial charge in [-0.3, -0.25) is 9.59 Å². The van der Waals surface area contributed by atoms with E-state index in [9.17, 15) is 14.7 Å². The average molecular weight is 525 g/mol. The molecule has 1 N–H and O–H groups in total. The first kappa shape index (κ1) is 28.9. The fourth-order valence-electron chi connectivity index (χ4n) is 4.85. The molecular formula is C31H41ClN2O3. The van der Waals surface area contributed by atoms with E-state index < -0.39 is 17.7 Å². The molecule has 1 atom stereocenters. The van der Waals surface area contributed by atoms with Crippen LogP contribution in [0.5, 0.6) is 0 Å². The first-order valence-electron chi connectivity index (χ1n) is 13.6. The number of hydrogen-bond donors (Lipinski definition) is 1. The molecule has 0 aliphatic carbocycles. The molecule has 1 heterocycles. The maximum absolute atomic E-state index is 13.3. The molecule has 1 saturated heterocycles. The van der Waals surface area contributed by atoms with Gasteiger partial charge in [-0.2, -0.15) is 0 Å². The zero-order valence-electron chi connectivity index (χ0n) is 22.7. The molecule has 0 aromatic heterocycles. The predicted molar refractivity (Wildman–Crippen MR) is 152 cm³/mol. The number of rotatable bonds is 13. The van der Waals surface area contributed by atoms with Crippen LogP contribution in [0.2, 0.25) is 5.02 Å². The highest BCUT2D eigenvalue weighted by Crippen LogP contribution is 2.40. The standard InChI is InChI=1S/C31H41ClN2O3/c1-5-7-18-33(19-8-6-2)20-9-21-34-28(24-12-10-23(11-13-24)22(3)4)27(30(36)31(34)37)29(35)25-14-16-26(32)17-15-25/h10-17,22,28,35H,5-9,18-21H2,1-4H3/t28-/m1/s1. The van der Waals surface area contributed by atoms with Crippen molar-refractivity contribution in [3.8, 4) is 0 Å². The summed E-state index contributed by atoms with van der Waals surface area (Å²) in [5.41, 5.74) is 2.61. The van der Waals surface area contributed by atoms with Gasteiger partial charge in [-0.15, -0.1) is 0 Å². The van der Waals surface area contributed by atoms with Crippen molar-refractivity contribution in [3.63, 3.8) is 0 Å². The minimum absolute atomic E-state index is 0.137. The number of amides is 1. The second kappa shape index (κ2) is 13.8. The van der Waals surface area contributed by atoms with Gasteiger partial charge >= 0.3 is 0 Å². The molecule has 0 radical (unpaired) electrons. The number of halogens is 1. The molecule has 1 fully saturated rings. The Labute approximate surface area is 227 Å². The molecule has 1 aliphatic heterocycles. The van der Waals surface area contributed by atoms with Gasteiger partial charge in [0.15, 0.2) is 0 Å². The number of aliphatic hydroxyl groups excluding tert-OH is 1. The van der Waals surface area contributed by atoms with E-state index in [0.717, 1.165) is 57.3 Å². The van der Waals surface area contributed by atoms with Gasteiger partial charge in [0.25, 0.3) is 11.7 Å². The van der Waals surface area contributed by atoms with Gasteiger partial charge in [0.1, 0.15) is 5.76 Å². The van der Waals surface area contributed by atoms with Crippen LogP contribution in [0.4, 0.5) is 0 Å². The largest absolute Gasteiger partial charge is 0.507 e. The van der Waals surface area contributed by atoms with E-state index in [-0.39, 0.29) is 11.3 Å². The van der Waals surface area contributed by atoms with Crippen molar-refractivity contribution in [2.24, 2.45) is 0 Å². The Morgan fingerprint density at radius 3 is 2.03 bits per heavy atom. The third kappa shape index (κ3) is 7.24. The summed E-state index contributed by atoms with van der Waals surface area (Å²) in [6, 6.07) is 14.1. The van der Waals surface area contributed by atoms with Gasteiger partial charge in [0, 0.05) is 17.1 Å². The first-order valence-corrected chi connectivity index (χ1v) is 14.0. The molecule has 1 amide bonds. The molecule has 0 unspecified atom stereocenters. The lowest BCUT2D eigenvalue weighted by molar-refractivity contribution is -0.140. The van der Waals surface area contributed by atoms with Crippen LogP contribution in [0.3, 0.4) is 0 Å². The van der Waals surface area contributed by atoms with Crippen LogP contribution >= 0.6 is 11.6 Å². The molecule has 37 heavy (non-hydrogen) atoms. The van der Waals surface area contributed by atoms with Gasteiger partial charge in [-0.1, -0.05) is 76.4 Å². The van der Waals surface area contributed by atoms with Crippen molar-refractivity contribution < 1.29 is 14.7 Å². The molecule has 200 valence electrons. The number of Topliss-reactive ketones (excluding diaryl/α,β-unsaturated/α-hetero) is 1. The lowest BCUT2D eigenvalue weighted by Gasteiger charge is -2.27. The molecule has 0 spiro atoms. The van der Waals surface area contributed by atoms with Crippen LogP contribution in [-0.4, -0.2) is 52.8 Å². The smallest absolute Gasteiger partial charge is 0.295 e. The van der Waals surface area contributed by atoms with Crippen LogP contribution < -0.4 is 0 Å². The fourth-order valence-corrected chi connectivity index (χ4v) is 4.97. The maximum Gasteiger partial charge on any atom is 0.295 e. The van der Waals surface area contributed by atoms with E-state index in [0.29, 0.717) is 23.0 Å². The predicted octanol–water partition coefficient (Wildman–Crippen LogP) is 7.18. The van der Waals surface area contributed by atoms with Crippen LogP contribution in [0, 0.1) is 0 Å². The summed E-state index contributed by atoms with van der Waals surface area (Å²) in [6.07, 6.45) is 5.36. The topological polar surface area (TPSA) is 60.9 Å².